The number of nitrogens with zero attached hydrogens (tertiary/aromatic N) is 1. The fraction of sp³-hybridized carbons (Fsp3) is 0.667. The standard InChI is InChI=1S/C12H21NO3/c1-10(14)8-13(6-7-15-3)9-12-5-4-11(2)16-12/h4-5,10,14H,6-9H2,1-3H3/t10-/m1/s1. The molecule has 1 aromatic rings. The summed E-state index contributed by atoms with van der Waals surface area (Å²) >= 11 is 0. The van der Waals surface area contributed by atoms with Crippen molar-refractivity contribution in [2.24, 2.45) is 0 Å². The maximum Gasteiger partial charge on any atom is 0.118 e. The fourth-order valence-electron chi connectivity index (χ4n) is 1.62. The minimum Gasteiger partial charge on any atom is -0.465 e. The first-order chi connectivity index (χ1) is 7.61. The summed E-state index contributed by atoms with van der Waals surface area (Å²) in [6.07, 6.45) is -0.340. The van der Waals surface area contributed by atoms with Gasteiger partial charge < -0.3 is 14.3 Å². The second-order valence-corrected chi connectivity index (χ2v) is 4.09. The number of hydrogen-bond donors (Lipinski definition) is 1. The van der Waals surface area contributed by atoms with Crippen molar-refractivity contribution in [3.05, 3.63) is 23.7 Å². The average molecular weight is 227 g/mol. The van der Waals surface area contributed by atoms with Crippen LogP contribution in [0.4, 0.5) is 0 Å². The summed E-state index contributed by atoms with van der Waals surface area (Å²) in [5.41, 5.74) is 0. The summed E-state index contributed by atoms with van der Waals surface area (Å²) in [5, 5.41) is 9.39. The molecule has 0 spiro atoms. The Hall–Kier alpha value is -0.840. The van der Waals surface area contributed by atoms with Gasteiger partial charge in [0.05, 0.1) is 19.3 Å². The van der Waals surface area contributed by atoms with E-state index >= 15 is 0 Å². The number of furan rings is 1. The van der Waals surface area contributed by atoms with Gasteiger partial charge in [0.15, 0.2) is 0 Å². The summed E-state index contributed by atoms with van der Waals surface area (Å²) in [4.78, 5) is 2.12. The molecule has 0 amide bonds. The van der Waals surface area contributed by atoms with Crippen LogP contribution in [0.15, 0.2) is 16.5 Å². The van der Waals surface area contributed by atoms with Crippen LogP contribution >= 0.6 is 0 Å². The number of methoxy groups -OCH3 is 1. The van der Waals surface area contributed by atoms with Crippen LogP contribution < -0.4 is 0 Å². The molecule has 1 N–H and O–H groups in total. The molecule has 1 atom stereocenters. The summed E-state index contributed by atoms with van der Waals surface area (Å²) in [6.45, 7) is 6.50. The molecule has 0 aliphatic carbocycles. The zero-order chi connectivity index (χ0) is 12.0. The van der Waals surface area contributed by atoms with Crippen LogP contribution in [0.3, 0.4) is 0 Å². The molecule has 0 saturated heterocycles. The Morgan fingerprint density at radius 2 is 2.25 bits per heavy atom. The quantitative estimate of drug-likeness (QED) is 0.765. The topological polar surface area (TPSA) is 45.8 Å². The molecule has 0 radical (unpaired) electrons. The van der Waals surface area contributed by atoms with Gasteiger partial charge in [-0.25, -0.2) is 0 Å². The summed E-state index contributed by atoms with van der Waals surface area (Å²) in [7, 11) is 1.68. The Morgan fingerprint density at radius 3 is 2.75 bits per heavy atom. The third kappa shape index (κ3) is 4.79. The van der Waals surface area contributed by atoms with Crippen molar-refractivity contribution in [3.8, 4) is 0 Å². The molecule has 4 heteroatoms. The zero-order valence-corrected chi connectivity index (χ0v) is 10.3. The van der Waals surface area contributed by atoms with Crippen LogP contribution in [-0.4, -0.2) is 42.9 Å². The highest BCUT2D eigenvalue weighted by Gasteiger charge is 2.10. The number of aryl methyl sites for hydroxylation is 1. The van der Waals surface area contributed by atoms with Crippen molar-refractivity contribution >= 4 is 0 Å². The van der Waals surface area contributed by atoms with Gasteiger partial charge in [0.2, 0.25) is 0 Å². The molecule has 0 aliphatic heterocycles. The van der Waals surface area contributed by atoms with E-state index in [9.17, 15) is 5.11 Å². The molecule has 0 aromatic carbocycles. The van der Waals surface area contributed by atoms with Crippen molar-refractivity contribution in [1.29, 1.82) is 0 Å². The Kier molecular flexibility index (Phi) is 5.52. The van der Waals surface area contributed by atoms with E-state index in [0.29, 0.717) is 19.7 Å². The van der Waals surface area contributed by atoms with E-state index in [1.54, 1.807) is 14.0 Å². The van der Waals surface area contributed by atoms with E-state index in [1.165, 1.54) is 0 Å². The molecule has 1 rings (SSSR count). The molecule has 0 bridgehead atoms. The number of aliphatic hydroxyl groups excluding tert-OH is 1. The zero-order valence-electron chi connectivity index (χ0n) is 10.3. The highest BCUT2D eigenvalue weighted by atomic mass is 16.5. The molecule has 92 valence electrons. The van der Waals surface area contributed by atoms with Gasteiger partial charge in [0, 0.05) is 20.2 Å². The molecule has 4 nitrogen and oxygen atoms in total. The second kappa shape index (κ2) is 6.68. The molecule has 0 unspecified atom stereocenters. The minimum atomic E-state index is -0.340. The lowest BCUT2D eigenvalue weighted by Crippen LogP contribution is -2.33. The highest BCUT2D eigenvalue weighted by molar-refractivity contribution is 5.05. The van der Waals surface area contributed by atoms with E-state index in [1.807, 2.05) is 19.1 Å². The number of rotatable bonds is 7. The first-order valence-electron chi connectivity index (χ1n) is 5.56. The van der Waals surface area contributed by atoms with Crippen LogP contribution in [0.25, 0.3) is 0 Å². The van der Waals surface area contributed by atoms with Gasteiger partial charge in [-0.3, -0.25) is 4.90 Å². The highest BCUT2D eigenvalue weighted by Crippen LogP contribution is 2.09. The number of aliphatic hydroxyl groups is 1. The first kappa shape index (κ1) is 13.2. The van der Waals surface area contributed by atoms with Crippen molar-refractivity contribution in [3.63, 3.8) is 0 Å². The fourth-order valence-corrected chi connectivity index (χ4v) is 1.62. The SMILES string of the molecule is COCCN(Cc1ccc(C)o1)C[C@@H](C)O. The molecule has 16 heavy (non-hydrogen) atoms. The monoisotopic (exact) mass is 227 g/mol. The number of ether oxygens (including phenoxy) is 1. The normalized spacial score (nSPS) is 13.3. The predicted octanol–water partition coefficient (Wildman–Crippen LogP) is 1.42. The maximum absolute atomic E-state index is 9.39. The van der Waals surface area contributed by atoms with E-state index < -0.39 is 0 Å². The maximum atomic E-state index is 9.39. The molecule has 0 fully saturated rings. The van der Waals surface area contributed by atoms with E-state index in [-0.39, 0.29) is 6.10 Å². The summed E-state index contributed by atoms with van der Waals surface area (Å²) in [5.74, 6) is 1.84. The number of hydrogen-bond acceptors (Lipinski definition) is 4. The van der Waals surface area contributed by atoms with Crippen molar-refractivity contribution in [1.82, 2.24) is 4.90 Å². The van der Waals surface area contributed by atoms with Crippen molar-refractivity contribution in [2.75, 3.05) is 26.8 Å². The smallest absolute Gasteiger partial charge is 0.118 e. The molecule has 0 saturated carbocycles. The molecule has 0 aliphatic rings. The Labute approximate surface area is 96.8 Å². The van der Waals surface area contributed by atoms with Crippen LogP contribution in [0.2, 0.25) is 0 Å². The van der Waals surface area contributed by atoms with Crippen molar-refractivity contribution in [2.45, 2.75) is 26.5 Å². The van der Waals surface area contributed by atoms with Gasteiger partial charge >= 0.3 is 0 Å². The van der Waals surface area contributed by atoms with Gasteiger partial charge in [-0.1, -0.05) is 0 Å². The van der Waals surface area contributed by atoms with Crippen LogP contribution in [0.5, 0.6) is 0 Å². The molecule has 1 aromatic heterocycles. The van der Waals surface area contributed by atoms with Gasteiger partial charge in [0.25, 0.3) is 0 Å². The summed E-state index contributed by atoms with van der Waals surface area (Å²) in [6, 6.07) is 3.92. The Morgan fingerprint density at radius 1 is 1.50 bits per heavy atom. The third-order valence-electron chi connectivity index (χ3n) is 2.31. The van der Waals surface area contributed by atoms with Gasteiger partial charge in [0.1, 0.15) is 11.5 Å². The predicted molar refractivity (Wildman–Crippen MR) is 62.3 cm³/mol. The van der Waals surface area contributed by atoms with Gasteiger partial charge in [-0.05, 0) is 26.0 Å². The lowest BCUT2D eigenvalue weighted by molar-refractivity contribution is 0.0897. The van der Waals surface area contributed by atoms with Crippen molar-refractivity contribution < 1.29 is 14.3 Å². The third-order valence-corrected chi connectivity index (χ3v) is 2.31. The van der Waals surface area contributed by atoms with Crippen LogP contribution in [0.1, 0.15) is 18.4 Å². The van der Waals surface area contributed by atoms with Crippen LogP contribution in [-0.2, 0) is 11.3 Å². The molecule has 1 heterocycles. The summed E-state index contributed by atoms with van der Waals surface area (Å²) < 4.78 is 10.6. The lowest BCUT2D eigenvalue weighted by Gasteiger charge is -2.22. The van der Waals surface area contributed by atoms with Crippen LogP contribution in [0, 0.1) is 6.92 Å². The van der Waals surface area contributed by atoms with E-state index in [0.717, 1.165) is 18.1 Å². The first-order valence-corrected chi connectivity index (χ1v) is 5.56. The minimum absolute atomic E-state index is 0.340. The van der Waals surface area contributed by atoms with Gasteiger partial charge in [-0.2, -0.15) is 0 Å². The molecular weight excluding hydrogens is 206 g/mol. The van der Waals surface area contributed by atoms with Gasteiger partial charge in [-0.15, -0.1) is 0 Å². The van der Waals surface area contributed by atoms with E-state index in [2.05, 4.69) is 4.90 Å². The van der Waals surface area contributed by atoms with E-state index in [4.69, 9.17) is 9.15 Å². The lowest BCUT2D eigenvalue weighted by atomic mass is 10.3. The average Bonchev–Trinajstić information content (AvgIpc) is 2.59. The largest absolute Gasteiger partial charge is 0.465 e. The molecular formula is C12H21NO3. The second-order valence-electron chi connectivity index (χ2n) is 4.09. The Balaban J connectivity index is 2.48. The Bertz CT molecular complexity index is 296.